The Morgan fingerprint density at radius 3 is 0.957 bits per heavy atom. The van der Waals surface area contributed by atoms with Crippen LogP contribution in [0.2, 0.25) is 0 Å². The first kappa shape index (κ1) is 31.0. The molecule has 0 bridgehead atoms. The quantitative estimate of drug-likeness (QED) is 0.131. The summed E-state index contributed by atoms with van der Waals surface area (Å²) in [5.74, 6) is 0. The summed E-state index contributed by atoms with van der Waals surface area (Å²) in [5, 5.41) is 5.66. The maximum absolute atomic E-state index is 2.30. The van der Waals surface area contributed by atoms with Crippen molar-refractivity contribution in [1.82, 2.24) is 0 Å². The average molecular weight is 611 g/mol. The van der Waals surface area contributed by atoms with E-state index in [-0.39, 0.29) is 0 Å². The van der Waals surface area contributed by atoms with Crippen molar-refractivity contribution < 1.29 is 0 Å². The molecule has 0 heterocycles. The Labute approximate surface area is 275 Å². The van der Waals surface area contributed by atoms with E-state index < -0.39 is 7.26 Å². The van der Waals surface area contributed by atoms with Crippen LogP contribution in [0.25, 0.3) is 0 Å². The SMILES string of the molecule is CCc1ccccc1B(c1ccccc1)c1ccccc1.c1ccc([PH](c2ccccc2)(c2ccccc2)c2ccccc2)cc1. The zero-order valence-corrected chi connectivity index (χ0v) is 27.4. The van der Waals surface area contributed by atoms with Crippen molar-refractivity contribution in [2.75, 3.05) is 0 Å². The summed E-state index contributed by atoms with van der Waals surface area (Å²) in [6.45, 7) is 2.54. The molecule has 7 rings (SSSR count). The second kappa shape index (κ2) is 15.4. The third-order valence-electron chi connectivity index (χ3n) is 8.84. The van der Waals surface area contributed by atoms with Gasteiger partial charge in [0, 0.05) is 0 Å². The van der Waals surface area contributed by atoms with E-state index in [0.29, 0.717) is 6.71 Å². The zero-order chi connectivity index (χ0) is 31.4. The van der Waals surface area contributed by atoms with Gasteiger partial charge in [0.05, 0.1) is 0 Å². The van der Waals surface area contributed by atoms with E-state index >= 15 is 0 Å². The van der Waals surface area contributed by atoms with Crippen LogP contribution in [0.3, 0.4) is 0 Å². The number of benzene rings is 7. The number of rotatable bonds is 8. The van der Waals surface area contributed by atoms with Gasteiger partial charge in [0.25, 0.3) is 0 Å². The van der Waals surface area contributed by atoms with Gasteiger partial charge in [-0.25, -0.2) is 0 Å². The molecule has 0 nitrogen and oxygen atoms in total. The first-order valence-electron chi connectivity index (χ1n) is 16.2. The molecule has 0 aliphatic carbocycles. The molecule has 7 aromatic carbocycles. The fraction of sp³-hybridized carbons (Fsp3) is 0.0455. The van der Waals surface area contributed by atoms with Crippen molar-refractivity contribution >= 4 is 51.6 Å². The molecule has 0 aliphatic heterocycles. The van der Waals surface area contributed by atoms with Gasteiger partial charge in [0.1, 0.15) is 0 Å². The molecule has 0 spiro atoms. The van der Waals surface area contributed by atoms with E-state index in [4.69, 9.17) is 0 Å². The van der Waals surface area contributed by atoms with Crippen LogP contribution in [-0.4, -0.2) is 6.71 Å². The molecule has 0 unspecified atom stereocenters. The van der Waals surface area contributed by atoms with E-state index in [0.717, 1.165) is 6.42 Å². The summed E-state index contributed by atoms with van der Waals surface area (Å²) < 4.78 is 0. The predicted octanol–water partition coefficient (Wildman–Crippen LogP) is 6.80. The van der Waals surface area contributed by atoms with Crippen LogP contribution in [0.1, 0.15) is 12.5 Å². The number of aryl methyl sites for hydroxylation is 1. The molecule has 0 amide bonds. The summed E-state index contributed by atoms with van der Waals surface area (Å²) in [5.41, 5.74) is 5.54. The van der Waals surface area contributed by atoms with Crippen molar-refractivity contribution in [1.29, 1.82) is 0 Å². The van der Waals surface area contributed by atoms with E-state index in [1.165, 1.54) is 43.2 Å². The normalized spacial score (nSPS) is 11.2. The molecule has 0 fully saturated rings. The van der Waals surface area contributed by atoms with Crippen molar-refractivity contribution in [3.8, 4) is 0 Å². The van der Waals surface area contributed by atoms with Crippen molar-refractivity contribution in [3.63, 3.8) is 0 Å². The molecular formula is C44H40BP. The van der Waals surface area contributed by atoms with E-state index in [9.17, 15) is 0 Å². The van der Waals surface area contributed by atoms with Gasteiger partial charge in [-0.05, 0) is 6.42 Å². The molecule has 7 aromatic rings. The van der Waals surface area contributed by atoms with E-state index in [2.05, 4.69) is 213 Å². The summed E-state index contributed by atoms with van der Waals surface area (Å²) >= 11 is 0. The molecule has 0 aromatic heterocycles. The first-order chi connectivity index (χ1) is 22.8. The number of hydrogen-bond donors (Lipinski definition) is 0. The Morgan fingerprint density at radius 2 is 0.630 bits per heavy atom. The summed E-state index contributed by atoms with van der Waals surface area (Å²) in [6.07, 6.45) is 1.06. The van der Waals surface area contributed by atoms with Gasteiger partial charge in [0.2, 0.25) is 6.71 Å². The Balaban J connectivity index is 0.000000164. The van der Waals surface area contributed by atoms with Crippen LogP contribution in [-0.2, 0) is 6.42 Å². The Kier molecular flexibility index (Phi) is 10.4. The summed E-state index contributed by atoms with van der Waals surface area (Å²) in [4.78, 5) is 0. The van der Waals surface area contributed by atoms with E-state index in [1.807, 2.05) is 0 Å². The Hall–Kier alpha value is -4.97. The van der Waals surface area contributed by atoms with Crippen LogP contribution in [0.5, 0.6) is 0 Å². The van der Waals surface area contributed by atoms with Crippen molar-refractivity contribution in [2.45, 2.75) is 13.3 Å². The fourth-order valence-electron chi connectivity index (χ4n) is 6.73. The zero-order valence-electron chi connectivity index (χ0n) is 26.4. The van der Waals surface area contributed by atoms with Gasteiger partial charge in [-0.1, -0.05) is 114 Å². The van der Waals surface area contributed by atoms with Crippen LogP contribution in [0.4, 0.5) is 0 Å². The van der Waals surface area contributed by atoms with Crippen LogP contribution in [0, 0.1) is 0 Å². The average Bonchev–Trinajstić information content (AvgIpc) is 3.15. The molecule has 46 heavy (non-hydrogen) atoms. The maximum atomic E-state index is 2.29. The van der Waals surface area contributed by atoms with Gasteiger partial charge >= 0.3 is 150 Å². The minimum absolute atomic E-state index is 0.309. The molecule has 0 N–H and O–H groups in total. The second-order valence-corrected chi connectivity index (χ2v) is 15.3. The molecule has 0 saturated carbocycles. The third-order valence-corrected chi connectivity index (χ3v) is 13.6. The summed E-state index contributed by atoms with van der Waals surface area (Å²) in [6, 6.07) is 74.4. The first-order valence-corrected chi connectivity index (χ1v) is 18.2. The summed E-state index contributed by atoms with van der Waals surface area (Å²) in [7, 11) is -2.30. The molecule has 0 atom stereocenters. The predicted molar refractivity (Wildman–Crippen MR) is 206 cm³/mol. The van der Waals surface area contributed by atoms with Gasteiger partial charge < -0.3 is 0 Å². The van der Waals surface area contributed by atoms with Crippen LogP contribution < -0.4 is 37.6 Å². The van der Waals surface area contributed by atoms with Gasteiger partial charge in [-0.15, -0.1) is 0 Å². The Morgan fingerprint density at radius 1 is 0.348 bits per heavy atom. The van der Waals surface area contributed by atoms with Gasteiger partial charge in [-0.2, -0.15) is 0 Å². The monoisotopic (exact) mass is 610 g/mol. The molecule has 0 radical (unpaired) electrons. The standard InChI is InChI=1S/C24H21P.C20H19B/c1-5-13-21(14-6-1)25(22-15-7-2-8-16-22,23-17-9-3-10-18-23)24-19-11-4-12-20-24;1-2-17-11-9-10-16-20(17)21(18-12-5-3-6-13-18)19-14-7-4-8-15-19/h1-20,25H;3-16H,2H2,1H3. The van der Waals surface area contributed by atoms with Crippen LogP contribution in [0.15, 0.2) is 206 Å². The van der Waals surface area contributed by atoms with Crippen molar-refractivity contribution in [2.24, 2.45) is 0 Å². The molecule has 2 heteroatoms. The molecule has 224 valence electrons. The molecule has 0 aliphatic rings. The molecule has 0 saturated heterocycles. The minimum atomic E-state index is -2.30. The topological polar surface area (TPSA) is 0 Å². The second-order valence-electron chi connectivity index (χ2n) is 11.5. The van der Waals surface area contributed by atoms with Crippen molar-refractivity contribution in [3.05, 3.63) is 212 Å². The third kappa shape index (κ3) is 6.67. The fourth-order valence-corrected chi connectivity index (χ4v) is 11.5. The van der Waals surface area contributed by atoms with Gasteiger partial charge in [-0.3, -0.25) is 0 Å². The molecular weight excluding hydrogens is 570 g/mol. The van der Waals surface area contributed by atoms with E-state index in [1.54, 1.807) is 0 Å². The number of hydrogen-bond acceptors (Lipinski definition) is 0. The Bertz CT molecular complexity index is 1690. The van der Waals surface area contributed by atoms with Crippen LogP contribution >= 0.6 is 7.26 Å². The van der Waals surface area contributed by atoms with Gasteiger partial charge in [0.15, 0.2) is 0 Å².